The van der Waals surface area contributed by atoms with Gasteiger partial charge in [0.25, 0.3) is 5.56 Å². The molecule has 2 aromatic rings. The number of allylic oxidation sites excluding steroid dienone is 2. The molecule has 24 heavy (non-hydrogen) atoms. The largest absolute Gasteiger partial charge is 0.342 e. The van der Waals surface area contributed by atoms with Gasteiger partial charge in [0.1, 0.15) is 0 Å². The summed E-state index contributed by atoms with van der Waals surface area (Å²) in [5, 5.41) is 0.653. The van der Waals surface area contributed by atoms with Gasteiger partial charge in [-0.3, -0.25) is 14.3 Å². The molecule has 1 N–H and O–H groups in total. The van der Waals surface area contributed by atoms with E-state index in [0.29, 0.717) is 22.7 Å². The van der Waals surface area contributed by atoms with Crippen LogP contribution in [-0.2, 0) is 13.6 Å². The Morgan fingerprint density at radius 1 is 1.25 bits per heavy atom. The maximum atomic E-state index is 12.4. The number of hydrogen-bond acceptors (Lipinski definition) is 4. The molecule has 1 aliphatic rings. The van der Waals surface area contributed by atoms with E-state index in [0.717, 1.165) is 31.9 Å². The second-order valence-corrected chi connectivity index (χ2v) is 6.80. The van der Waals surface area contributed by atoms with Crippen molar-refractivity contribution in [1.82, 2.24) is 19.1 Å². The fourth-order valence-electron chi connectivity index (χ4n) is 3.13. The Morgan fingerprint density at radius 3 is 2.54 bits per heavy atom. The van der Waals surface area contributed by atoms with Gasteiger partial charge in [0.15, 0.2) is 11.2 Å². The molecule has 0 bridgehead atoms. The molecule has 1 saturated heterocycles. The lowest BCUT2D eigenvalue weighted by Crippen LogP contribution is -2.29. The Kier molecular flexibility index (Phi) is 4.80. The van der Waals surface area contributed by atoms with Gasteiger partial charge in [0, 0.05) is 31.7 Å². The fourth-order valence-corrected chi connectivity index (χ4v) is 3.19. The van der Waals surface area contributed by atoms with Crippen molar-refractivity contribution in [2.75, 3.05) is 18.0 Å². The Labute approximate surface area is 144 Å². The number of imidazole rings is 1. The maximum Gasteiger partial charge on any atom is 0.329 e. The van der Waals surface area contributed by atoms with Gasteiger partial charge in [-0.25, -0.2) is 4.79 Å². The number of aromatic nitrogens is 4. The zero-order chi connectivity index (χ0) is 17.3. The average Bonchev–Trinajstić information content (AvgIpc) is 2.71. The summed E-state index contributed by atoms with van der Waals surface area (Å²) in [7, 11) is 1.62. The maximum absolute atomic E-state index is 12.4. The zero-order valence-electron chi connectivity index (χ0n) is 14.0. The number of aromatic amines is 1. The normalized spacial score (nSPS) is 16.6. The molecule has 1 fully saturated rings. The number of hydrogen-bond donors (Lipinski definition) is 1. The van der Waals surface area contributed by atoms with Crippen LogP contribution in [0.3, 0.4) is 0 Å². The van der Waals surface area contributed by atoms with Crippen molar-refractivity contribution in [1.29, 1.82) is 0 Å². The first-order valence-electron chi connectivity index (χ1n) is 8.26. The first-order chi connectivity index (χ1) is 11.5. The first kappa shape index (κ1) is 16.8. The van der Waals surface area contributed by atoms with Crippen molar-refractivity contribution in [2.24, 2.45) is 7.05 Å². The zero-order valence-corrected chi connectivity index (χ0v) is 14.8. The summed E-state index contributed by atoms with van der Waals surface area (Å²) in [5.74, 6) is 0.729. The molecule has 2 aromatic heterocycles. The number of anilines is 1. The summed E-state index contributed by atoms with van der Waals surface area (Å²) in [6, 6.07) is 0. The van der Waals surface area contributed by atoms with E-state index < -0.39 is 11.2 Å². The van der Waals surface area contributed by atoms with Gasteiger partial charge < -0.3 is 9.47 Å². The number of H-pyrrole nitrogens is 1. The monoisotopic (exact) mass is 351 g/mol. The van der Waals surface area contributed by atoms with E-state index in [1.807, 2.05) is 10.6 Å². The summed E-state index contributed by atoms with van der Waals surface area (Å²) in [4.78, 5) is 33.5. The van der Waals surface area contributed by atoms with Crippen LogP contribution in [-0.4, -0.2) is 32.2 Å². The Bertz CT molecular complexity index is 880. The van der Waals surface area contributed by atoms with Crippen molar-refractivity contribution in [2.45, 2.75) is 39.2 Å². The summed E-state index contributed by atoms with van der Waals surface area (Å²) < 4.78 is 3.23. The molecular weight excluding hydrogens is 330 g/mol. The predicted octanol–water partition coefficient (Wildman–Crippen LogP) is 1.95. The van der Waals surface area contributed by atoms with E-state index >= 15 is 0 Å². The molecule has 1 aliphatic heterocycles. The molecule has 3 heterocycles. The second-order valence-electron chi connectivity index (χ2n) is 6.21. The van der Waals surface area contributed by atoms with Crippen LogP contribution >= 0.6 is 11.6 Å². The number of fused-ring (bicyclic) bond motifs is 1. The van der Waals surface area contributed by atoms with Crippen LogP contribution in [0.4, 0.5) is 5.95 Å². The van der Waals surface area contributed by atoms with Crippen molar-refractivity contribution in [3.05, 3.63) is 31.9 Å². The van der Waals surface area contributed by atoms with E-state index in [1.54, 1.807) is 14.0 Å². The van der Waals surface area contributed by atoms with Gasteiger partial charge in [0.2, 0.25) is 5.95 Å². The van der Waals surface area contributed by atoms with Crippen LogP contribution in [0.25, 0.3) is 11.2 Å². The van der Waals surface area contributed by atoms with Crippen molar-refractivity contribution in [3.63, 3.8) is 0 Å². The topological polar surface area (TPSA) is 75.9 Å². The molecule has 3 rings (SSSR count). The molecule has 0 saturated carbocycles. The van der Waals surface area contributed by atoms with Crippen LogP contribution in [0.2, 0.25) is 0 Å². The van der Waals surface area contributed by atoms with Crippen LogP contribution in [0.5, 0.6) is 0 Å². The molecule has 0 aliphatic carbocycles. The Morgan fingerprint density at radius 2 is 1.92 bits per heavy atom. The highest BCUT2D eigenvalue weighted by Gasteiger charge is 2.21. The number of rotatable bonds is 3. The first-order valence-corrected chi connectivity index (χ1v) is 8.63. The molecular formula is C16H22ClN5O2. The minimum absolute atomic E-state index is 0.406. The molecule has 8 heteroatoms. The average molecular weight is 352 g/mol. The van der Waals surface area contributed by atoms with Crippen molar-refractivity contribution in [3.8, 4) is 0 Å². The van der Waals surface area contributed by atoms with Crippen LogP contribution in [0, 0.1) is 0 Å². The lowest BCUT2D eigenvalue weighted by Gasteiger charge is -2.22. The van der Waals surface area contributed by atoms with Gasteiger partial charge in [-0.1, -0.05) is 30.5 Å². The number of nitrogens with one attached hydrogen (secondary N) is 1. The van der Waals surface area contributed by atoms with E-state index in [1.165, 1.54) is 17.4 Å². The summed E-state index contributed by atoms with van der Waals surface area (Å²) in [6.07, 6.45) is 6.45. The Balaban J connectivity index is 2.22. The molecule has 0 atom stereocenters. The minimum atomic E-state index is -0.455. The van der Waals surface area contributed by atoms with Crippen LogP contribution in [0.1, 0.15) is 32.6 Å². The van der Waals surface area contributed by atoms with E-state index in [2.05, 4.69) is 14.9 Å². The second kappa shape index (κ2) is 6.84. The Hall–Kier alpha value is -2.02. The van der Waals surface area contributed by atoms with E-state index in [9.17, 15) is 9.59 Å². The standard InChI is InChI=1S/C16H22ClN5O2/c1-11(17)7-10-22-12-13(20(2)16(24)19-14(12)23)18-15(22)21-8-5-3-4-6-9-21/h7H,3-6,8-10H2,1-2H3,(H,19,23,24). The third-order valence-electron chi connectivity index (χ3n) is 4.43. The van der Waals surface area contributed by atoms with Crippen molar-refractivity contribution < 1.29 is 0 Å². The van der Waals surface area contributed by atoms with Gasteiger partial charge in [-0.2, -0.15) is 4.98 Å². The lowest BCUT2D eigenvalue weighted by molar-refractivity contribution is 0.721. The smallest absolute Gasteiger partial charge is 0.329 e. The highest BCUT2D eigenvalue weighted by Crippen LogP contribution is 2.23. The van der Waals surface area contributed by atoms with Gasteiger partial charge in [-0.05, 0) is 19.8 Å². The third-order valence-corrected chi connectivity index (χ3v) is 4.59. The summed E-state index contributed by atoms with van der Waals surface area (Å²) in [6.45, 7) is 4.04. The number of aryl methyl sites for hydroxylation is 1. The lowest BCUT2D eigenvalue weighted by atomic mass is 10.2. The molecule has 7 nitrogen and oxygen atoms in total. The van der Waals surface area contributed by atoms with Gasteiger partial charge in [-0.15, -0.1) is 0 Å². The van der Waals surface area contributed by atoms with E-state index in [4.69, 9.17) is 11.6 Å². The number of halogens is 1. The molecule has 0 aromatic carbocycles. The van der Waals surface area contributed by atoms with Crippen molar-refractivity contribution >= 4 is 28.7 Å². The molecule has 0 spiro atoms. The third kappa shape index (κ3) is 3.13. The molecule has 0 radical (unpaired) electrons. The molecule has 130 valence electrons. The van der Waals surface area contributed by atoms with Gasteiger partial charge >= 0.3 is 5.69 Å². The highest BCUT2D eigenvalue weighted by molar-refractivity contribution is 6.29. The summed E-state index contributed by atoms with van der Waals surface area (Å²) >= 11 is 5.98. The van der Waals surface area contributed by atoms with Crippen LogP contribution in [0.15, 0.2) is 20.7 Å². The molecule has 0 unspecified atom stereocenters. The highest BCUT2D eigenvalue weighted by atomic mass is 35.5. The number of nitrogens with zero attached hydrogens (tertiary/aromatic N) is 4. The quantitative estimate of drug-likeness (QED) is 0.917. The van der Waals surface area contributed by atoms with Crippen LogP contribution < -0.4 is 16.1 Å². The molecule has 0 amide bonds. The minimum Gasteiger partial charge on any atom is -0.342 e. The van der Waals surface area contributed by atoms with E-state index in [-0.39, 0.29) is 0 Å². The summed E-state index contributed by atoms with van der Waals surface area (Å²) in [5.41, 5.74) is -0.0555. The SMILES string of the molecule is CC(Cl)=CCn1c(N2CCCCCC2)nc2c1c(=O)[nH]c(=O)n2C. The fraction of sp³-hybridized carbons (Fsp3) is 0.562. The predicted molar refractivity (Wildman–Crippen MR) is 95.9 cm³/mol. The van der Waals surface area contributed by atoms with Gasteiger partial charge in [0.05, 0.1) is 0 Å².